The minimum absolute atomic E-state index is 0.0831. The fraction of sp³-hybridized carbons (Fsp3) is 0.444. The summed E-state index contributed by atoms with van der Waals surface area (Å²) in [5.74, 6) is -2.21. The molecule has 40 heavy (non-hydrogen) atoms. The summed E-state index contributed by atoms with van der Waals surface area (Å²) in [6.07, 6.45) is 0.628. The molecule has 212 valence electrons. The van der Waals surface area contributed by atoms with E-state index in [1.165, 1.54) is 15.9 Å². The molecule has 2 aromatic rings. The van der Waals surface area contributed by atoms with Crippen LogP contribution in [-0.2, 0) is 19.1 Å². The average molecular weight is 553 g/mol. The van der Waals surface area contributed by atoms with Crippen LogP contribution < -0.4 is 10.6 Å². The number of carboxylic acids is 1. The number of carbonyl (C=O) groups excluding carboxylic acids is 4. The summed E-state index contributed by atoms with van der Waals surface area (Å²) in [5, 5.41) is 14.6. The number of aromatic nitrogens is 2. The molecule has 0 unspecified atom stereocenters. The maximum absolute atomic E-state index is 13.4. The third-order valence-electron chi connectivity index (χ3n) is 6.56. The van der Waals surface area contributed by atoms with Crippen LogP contribution in [0, 0.1) is 5.92 Å². The summed E-state index contributed by atoms with van der Waals surface area (Å²) in [4.78, 5) is 74.1. The average Bonchev–Trinajstić information content (AvgIpc) is 3.81. The van der Waals surface area contributed by atoms with Crippen LogP contribution in [0.15, 0.2) is 36.4 Å². The van der Waals surface area contributed by atoms with Gasteiger partial charge in [-0.05, 0) is 26.2 Å². The van der Waals surface area contributed by atoms with Crippen molar-refractivity contribution in [2.45, 2.75) is 38.6 Å². The highest BCUT2D eigenvalue weighted by Gasteiger charge is 2.32. The molecule has 2 heterocycles. The van der Waals surface area contributed by atoms with E-state index < -0.39 is 29.9 Å². The number of hydrogen-bond acceptors (Lipinski definition) is 8. The van der Waals surface area contributed by atoms with Crippen LogP contribution >= 0.6 is 0 Å². The smallest absolute Gasteiger partial charge is 0.409 e. The highest BCUT2D eigenvalue weighted by Crippen LogP contribution is 2.30. The van der Waals surface area contributed by atoms with Crippen molar-refractivity contribution < 1.29 is 33.8 Å². The lowest BCUT2D eigenvalue weighted by molar-refractivity contribution is -0.138. The zero-order valence-electron chi connectivity index (χ0n) is 22.2. The topological polar surface area (TPSA) is 171 Å². The highest BCUT2D eigenvalue weighted by atomic mass is 16.6. The number of rotatable bonds is 10. The Morgan fingerprint density at radius 2 is 1.70 bits per heavy atom. The second kappa shape index (κ2) is 13.0. The van der Waals surface area contributed by atoms with Gasteiger partial charge in [0.05, 0.1) is 6.61 Å². The minimum Gasteiger partial charge on any atom is -0.481 e. The Morgan fingerprint density at radius 1 is 1.02 bits per heavy atom. The first-order valence-electron chi connectivity index (χ1n) is 13.2. The molecule has 2 fully saturated rings. The number of anilines is 1. The zero-order chi connectivity index (χ0) is 28.6. The normalized spacial score (nSPS) is 15.6. The Kier molecular flexibility index (Phi) is 9.25. The first-order valence-corrected chi connectivity index (χ1v) is 13.2. The Hall–Kier alpha value is -4.55. The molecule has 1 aromatic carbocycles. The number of hydrogen-bond donors (Lipinski definition) is 3. The van der Waals surface area contributed by atoms with E-state index in [1.54, 1.807) is 31.2 Å². The number of amides is 4. The lowest BCUT2D eigenvalue weighted by Crippen LogP contribution is -2.56. The molecular weight excluding hydrogens is 520 g/mol. The summed E-state index contributed by atoms with van der Waals surface area (Å²) in [6, 6.07) is 9.11. The molecule has 13 nitrogen and oxygen atoms in total. The summed E-state index contributed by atoms with van der Waals surface area (Å²) in [7, 11) is 0. The number of nitrogens with zero attached hydrogens (tertiary/aromatic N) is 4. The summed E-state index contributed by atoms with van der Waals surface area (Å²) in [5.41, 5.74) is 0.539. The molecule has 4 rings (SSSR count). The molecule has 4 amide bonds. The van der Waals surface area contributed by atoms with Crippen molar-refractivity contribution in [3.63, 3.8) is 0 Å². The molecule has 3 N–H and O–H groups in total. The molecule has 0 spiro atoms. The van der Waals surface area contributed by atoms with Crippen molar-refractivity contribution in [2.24, 2.45) is 5.92 Å². The van der Waals surface area contributed by atoms with E-state index >= 15 is 0 Å². The quantitative estimate of drug-likeness (QED) is 0.397. The van der Waals surface area contributed by atoms with E-state index in [-0.39, 0.29) is 74.8 Å². The first-order chi connectivity index (χ1) is 19.2. The molecule has 1 saturated carbocycles. The highest BCUT2D eigenvalue weighted by molar-refractivity contribution is 5.99. The van der Waals surface area contributed by atoms with Gasteiger partial charge in [-0.15, -0.1) is 0 Å². The second-order valence-corrected chi connectivity index (χ2v) is 9.56. The van der Waals surface area contributed by atoms with Gasteiger partial charge in [0, 0.05) is 50.1 Å². The van der Waals surface area contributed by atoms with Crippen LogP contribution in [0.4, 0.5) is 10.6 Å². The standard InChI is InChI=1S/C27H32N6O7/c1-2-40-27(39)33-14-12-32(13-15-33)26(38)19(10-11-22(34)35)29-25(37)20-16-21(31-24(36)18-8-9-18)30-23(28-20)17-6-4-3-5-7-17/h3-7,16,18-19H,2,8-15H2,1H3,(H,29,37)(H,34,35)(H,28,30,31,36)/t19-/m0/s1. The maximum Gasteiger partial charge on any atom is 0.409 e. The Bertz CT molecular complexity index is 1260. The Morgan fingerprint density at radius 3 is 2.33 bits per heavy atom. The van der Waals surface area contributed by atoms with Crippen LogP contribution in [0.5, 0.6) is 0 Å². The molecule has 0 radical (unpaired) electrons. The Labute approximate surface area is 230 Å². The number of piperazine rings is 1. The van der Waals surface area contributed by atoms with Gasteiger partial charge in [-0.3, -0.25) is 19.2 Å². The van der Waals surface area contributed by atoms with Gasteiger partial charge >= 0.3 is 12.1 Å². The predicted octanol–water partition coefficient (Wildman–Crippen LogP) is 1.76. The van der Waals surface area contributed by atoms with Crippen LogP contribution in [0.2, 0.25) is 0 Å². The fourth-order valence-electron chi connectivity index (χ4n) is 4.22. The molecule has 13 heteroatoms. The lowest BCUT2D eigenvalue weighted by atomic mass is 10.1. The van der Waals surface area contributed by atoms with Crippen molar-refractivity contribution in [1.29, 1.82) is 0 Å². The largest absolute Gasteiger partial charge is 0.481 e. The fourth-order valence-corrected chi connectivity index (χ4v) is 4.22. The van der Waals surface area contributed by atoms with Crippen LogP contribution in [0.1, 0.15) is 43.1 Å². The van der Waals surface area contributed by atoms with Crippen molar-refractivity contribution in [1.82, 2.24) is 25.1 Å². The maximum atomic E-state index is 13.4. The number of carbonyl (C=O) groups is 5. The third-order valence-corrected chi connectivity index (χ3v) is 6.56. The number of ether oxygens (including phenoxy) is 1. The molecule has 1 aromatic heterocycles. The molecular formula is C27H32N6O7. The van der Waals surface area contributed by atoms with Gasteiger partial charge < -0.3 is 30.3 Å². The molecule has 0 bridgehead atoms. The van der Waals surface area contributed by atoms with E-state index in [2.05, 4.69) is 20.6 Å². The van der Waals surface area contributed by atoms with Crippen LogP contribution in [0.3, 0.4) is 0 Å². The first kappa shape index (κ1) is 28.5. The molecule has 1 aliphatic carbocycles. The van der Waals surface area contributed by atoms with Gasteiger partial charge in [0.15, 0.2) is 5.82 Å². The number of nitrogens with one attached hydrogen (secondary N) is 2. The molecule has 1 aliphatic heterocycles. The molecule has 1 saturated heterocycles. The van der Waals surface area contributed by atoms with Gasteiger partial charge in [-0.25, -0.2) is 14.8 Å². The third kappa shape index (κ3) is 7.52. The van der Waals surface area contributed by atoms with Crippen molar-refractivity contribution in [3.05, 3.63) is 42.1 Å². The summed E-state index contributed by atoms with van der Waals surface area (Å²) in [6.45, 7) is 2.86. The molecule has 2 aliphatic rings. The van der Waals surface area contributed by atoms with E-state index in [4.69, 9.17) is 4.74 Å². The van der Waals surface area contributed by atoms with Crippen LogP contribution in [0.25, 0.3) is 11.4 Å². The van der Waals surface area contributed by atoms with Gasteiger partial charge in [0.2, 0.25) is 11.8 Å². The van der Waals surface area contributed by atoms with E-state index in [1.807, 2.05) is 6.07 Å². The monoisotopic (exact) mass is 552 g/mol. The van der Waals surface area contributed by atoms with E-state index in [0.717, 1.165) is 12.8 Å². The Balaban J connectivity index is 1.52. The van der Waals surface area contributed by atoms with Crippen molar-refractivity contribution >= 4 is 35.6 Å². The van der Waals surface area contributed by atoms with Gasteiger partial charge in [0.1, 0.15) is 17.6 Å². The zero-order valence-corrected chi connectivity index (χ0v) is 22.2. The predicted molar refractivity (Wildman–Crippen MR) is 142 cm³/mol. The minimum atomic E-state index is -1.14. The summed E-state index contributed by atoms with van der Waals surface area (Å²) < 4.78 is 5.01. The van der Waals surface area contributed by atoms with Gasteiger partial charge in [-0.1, -0.05) is 30.3 Å². The van der Waals surface area contributed by atoms with E-state index in [9.17, 15) is 29.1 Å². The number of aliphatic carboxylic acids is 1. The molecule has 1 atom stereocenters. The van der Waals surface area contributed by atoms with Crippen molar-refractivity contribution in [2.75, 3.05) is 38.1 Å². The summed E-state index contributed by atoms with van der Waals surface area (Å²) >= 11 is 0. The van der Waals surface area contributed by atoms with E-state index in [0.29, 0.717) is 5.56 Å². The number of benzene rings is 1. The van der Waals surface area contributed by atoms with Gasteiger partial charge in [-0.2, -0.15) is 0 Å². The SMILES string of the molecule is CCOC(=O)N1CCN(C(=O)[C@H](CCC(=O)O)NC(=O)c2cc(NC(=O)C3CC3)nc(-c3ccccc3)n2)CC1. The second-order valence-electron chi connectivity index (χ2n) is 9.56. The van der Waals surface area contributed by atoms with Crippen molar-refractivity contribution in [3.8, 4) is 11.4 Å². The lowest BCUT2D eigenvalue weighted by Gasteiger charge is -2.35. The van der Waals surface area contributed by atoms with Crippen LogP contribution in [-0.4, -0.2) is 93.5 Å². The number of carboxylic acid groups (broad SMARTS) is 1. The van der Waals surface area contributed by atoms with Gasteiger partial charge in [0.25, 0.3) is 5.91 Å².